The molecule has 1 heterocycles. The van der Waals surface area contributed by atoms with Gasteiger partial charge in [-0.15, -0.1) is 5.10 Å². The standard InChI is InChI=1S/C11H11ClN4O/c1-6-4-3-5-8(9(6)12)14-11(17)10-13-7(2)15-16-10/h3-5H,1-2H3,(H,14,17)(H,13,15,16). The van der Waals surface area contributed by atoms with E-state index in [1.165, 1.54) is 0 Å². The first-order valence-electron chi connectivity index (χ1n) is 5.03. The van der Waals surface area contributed by atoms with Gasteiger partial charge in [-0.25, -0.2) is 4.98 Å². The van der Waals surface area contributed by atoms with Gasteiger partial charge in [-0.2, -0.15) is 0 Å². The predicted octanol–water partition coefficient (Wildman–Crippen LogP) is 2.33. The lowest BCUT2D eigenvalue weighted by Gasteiger charge is -2.06. The molecule has 0 saturated heterocycles. The highest BCUT2D eigenvalue weighted by atomic mass is 35.5. The molecule has 0 aliphatic heterocycles. The summed E-state index contributed by atoms with van der Waals surface area (Å²) in [5, 5.41) is 9.57. The van der Waals surface area contributed by atoms with Crippen LogP contribution in [-0.4, -0.2) is 21.1 Å². The molecule has 0 fully saturated rings. The maximum Gasteiger partial charge on any atom is 0.295 e. The molecule has 2 rings (SSSR count). The number of aromatic nitrogens is 3. The molecule has 1 aromatic heterocycles. The first-order chi connectivity index (χ1) is 8.08. The number of hydrogen-bond donors (Lipinski definition) is 2. The van der Waals surface area contributed by atoms with Gasteiger partial charge in [-0.05, 0) is 25.5 Å². The maximum atomic E-state index is 11.8. The van der Waals surface area contributed by atoms with Crippen LogP contribution in [0.2, 0.25) is 5.02 Å². The molecule has 0 saturated carbocycles. The van der Waals surface area contributed by atoms with E-state index in [9.17, 15) is 4.79 Å². The highest BCUT2D eigenvalue weighted by Crippen LogP contribution is 2.25. The molecule has 1 aromatic carbocycles. The Bertz CT molecular complexity index is 564. The third-order valence-corrected chi connectivity index (χ3v) is 2.74. The van der Waals surface area contributed by atoms with Crippen LogP contribution in [0, 0.1) is 13.8 Å². The summed E-state index contributed by atoms with van der Waals surface area (Å²) >= 11 is 6.07. The van der Waals surface area contributed by atoms with Crippen molar-refractivity contribution in [1.29, 1.82) is 0 Å². The summed E-state index contributed by atoms with van der Waals surface area (Å²) in [5.41, 5.74) is 1.45. The van der Waals surface area contributed by atoms with E-state index < -0.39 is 0 Å². The Kier molecular flexibility index (Phi) is 3.10. The number of H-pyrrole nitrogens is 1. The molecule has 0 unspecified atom stereocenters. The molecule has 0 bridgehead atoms. The van der Waals surface area contributed by atoms with Crippen LogP contribution < -0.4 is 5.32 Å². The van der Waals surface area contributed by atoms with Crippen molar-refractivity contribution in [3.05, 3.63) is 40.4 Å². The van der Waals surface area contributed by atoms with Gasteiger partial charge in [0.1, 0.15) is 5.82 Å². The van der Waals surface area contributed by atoms with Crippen molar-refractivity contribution >= 4 is 23.2 Å². The van der Waals surface area contributed by atoms with Crippen molar-refractivity contribution in [3.8, 4) is 0 Å². The SMILES string of the molecule is Cc1nc(C(=O)Nc2cccc(C)c2Cl)n[nH]1. The van der Waals surface area contributed by atoms with E-state index in [-0.39, 0.29) is 11.7 Å². The summed E-state index contributed by atoms with van der Waals surface area (Å²) in [4.78, 5) is 15.7. The minimum Gasteiger partial charge on any atom is -0.318 e. The second-order valence-corrected chi connectivity index (χ2v) is 4.01. The van der Waals surface area contributed by atoms with Crippen molar-refractivity contribution in [3.63, 3.8) is 0 Å². The number of carbonyl (C=O) groups excluding carboxylic acids is 1. The molecule has 0 atom stereocenters. The molecule has 0 spiro atoms. The van der Waals surface area contributed by atoms with Crippen LogP contribution in [0.4, 0.5) is 5.69 Å². The van der Waals surface area contributed by atoms with Gasteiger partial charge in [0, 0.05) is 0 Å². The second kappa shape index (κ2) is 4.55. The number of carbonyl (C=O) groups is 1. The number of hydrogen-bond acceptors (Lipinski definition) is 3. The van der Waals surface area contributed by atoms with Crippen LogP contribution >= 0.6 is 11.6 Å². The first-order valence-corrected chi connectivity index (χ1v) is 5.41. The maximum absolute atomic E-state index is 11.8. The van der Waals surface area contributed by atoms with Gasteiger partial charge in [0.15, 0.2) is 0 Å². The minimum atomic E-state index is -0.387. The van der Waals surface area contributed by atoms with Crippen LogP contribution in [0.15, 0.2) is 18.2 Å². The summed E-state index contributed by atoms with van der Waals surface area (Å²) in [5.74, 6) is 0.299. The summed E-state index contributed by atoms with van der Waals surface area (Å²) in [6.07, 6.45) is 0. The summed E-state index contributed by atoms with van der Waals surface area (Å²) in [6, 6.07) is 5.42. The summed E-state index contributed by atoms with van der Waals surface area (Å²) in [7, 11) is 0. The number of amides is 1. The smallest absolute Gasteiger partial charge is 0.295 e. The van der Waals surface area contributed by atoms with Crippen molar-refractivity contribution in [2.24, 2.45) is 0 Å². The van der Waals surface area contributed by atoms with E-state index in [4.69, 9.17) is 11.6 Å². The van der Waals surface area contributed by atoms with Crippen LogP contribution in [0.1, 0.15) is 22.0 Å². The Labute approximate surface area is 103 Å². The Morgan fingerprint density at radius 1 is 1.41 bits per heavy atom. The number of nitrogens with zero attached hydrogens (tertiary/aromatic N) is 2. The van der Waals surface area contributed by atoms with Crippen LogP contribution in [0.5, 0.6) is 0 Å². The van der Waals surface area contributed by atoms with E-state index in [2.05, 4.69) is 20.5 Å². The lowest BCUT2D eigenvalue weighted by Crippen LogP contribution is -2.14. The van der Waals surface area contributed by atoms with Gasteiger partial charge in [0.05, 0.1) is 10.7 Å². The summed E-state index contributed by atoms with van der Waals surface area (Å²) < 4.78 is 0. The van der Waals surface area contributed by atoms with Crippen molar-refractivity contribution in [2.45, 2.75) is 13.8 Å². The average molecular weight is 251 g/mol. The zero-order valence-electron chi connectivity index (χ0n) is 9.41. The predicted molar refractivity (Wildman–Crippen MR) is 65.3 cm³/mol. The minimum absolute atomic E-state index is 0.0973. The quantitative estimate of drug-likeness (QED) is 0.859. The van der Waals surface area contributed by atoms with Crippen molar-refractivity contribution < 1.29 is 4.79 Å². The molecule has 5 nitrogen and oxygen atoms in total. The fraction of sp³-hybridized carbons (Fsp3) is 0.182. The third-order valence-electron chi connectivity index (χ3n) is 2.24. The highest BCUT2D eigenvalue weighted by molar-refractivity contribution is 6.34. The number of aromatic amines is 1. The van der Waals surface area contributed by atoms with E-state index in [0.717, 1.165) is 5.56 Å². The van der Waals surface area contributed by atoms with E-state index in [1.807, 2.05) is 19.1 Å². The number of rotatable bonds is 2. The molecule has 88 valence electrons. The molecule has 17 heavy (non-hydrogen) atoms. The van der Waals surface area contributed by atoms with Crippen LogP contribution in [0.3, 0.4) is 0 Å². The van der Waals surface area contributed by atoms with Crippen molar-refractivity contribution in [1.82, 2.24) is 15.2 Å². The highest BCUT2D eigenvalue weighted by Gasteiger charge is 2.13. The largest absolute Gasteiger partial charge is 0.318 e. The lowest BCUT2D eigenvalue weighted by atomic mass is 10.2. The summed E-state index contributed by atoms with van der Waals surface area (Å²) in [6.45, 7) is 3.60. The Hall–Kier alpha value is -1.88. The monoisotopic (exact) mass is 250 g/mol. The van der Waals surface area contributed by atoms with Gasteiger partial charge in [0.25, 0.3) is 5.91 Å². The fourth-order valence-corrected chi connectivity index (χ4v) is 1.54. The average Bonchev–Trinajstić information content (AvgIpc) is 2.72. The second-order valence-electron chi connectivity index (χ2n) is 3.64. The lowest BCUT2D eigenvalue weighted by molar-refractivity contribution is 0.101. The Balaban J connectivity index is 2.21. The molecule has 2 aromatic rings. The zero-order chi connectivity index (χ0) is 12.4. The third kappa shape index (κ3) is 2.45. The zero-order valence-corrected chi connectivity index (χ0v) is 10.2. The molecule has 0 aliphatic carbocycles. The molecule has 6 heteroatoms. The molecule has 0 aliphatic rings. The number of halogens is 1. The molecular weight excluding hydrogens is 240 g/mol. The van der Waals surface area contributed by atoms with Gasteiger partial charge in [-0.1, -0.05) is 23.7 Å². The molecular formula is C11H11ClN4O. The Morgan fingerprint density at radius 3 is 2.82 bits per heavy atom. The number of nitrogens with one attached hydrogen (secondary N) is 2. The van der Waals surface area contributed by atoms with Crippen LogP contribution in [-0.2, 0) is 0 Å². The van der Waals surface area contributed by atoms with Gasteiger partial charge in [0.2, 0.25) is 5.82 Å². The van der Waals surface area contributed by atoms with Gasteiger partial charge in [-0.3, -0.25) is 9.89 Å². The van der Waals surface area contributed by atoms with Crippen LogP contribution in [0.25, 0.3) is 0 Å². The normalized spacial score (nSPS) is 10.3. The van der Waals surface area contributed by atoms with Gasteiger partial charge < -0.3 is 5.32 Å². The fourth-order valence-electron chi connectivity index (χ4n) is 1.37. The van der Waals surface area contributed by atoms with E-state index in [1.54, 1.807) is 13.0 Å². The van der Waals surface area contributed by atoms with E-state index in [0.29, 0.717) is 16.5 Å². The van der Waals surface area contributed by atoms with E-state index >= 15 is 0 Å². The number of anilines is 1. The molecule has 1 amide bonds. The van der Waals surface area contributed by atoms with Gasteiger partial charge >= 0.3 is 0 Å². The first kappa shape index (κ1) is 11.6. The number of aryl methyl sites for hydroxylation is 2. The number of benzene rings is 1. The van der Waals surface area contributed by atoms with Crippen molar-refractivity contribution in [2.75, 3.05) is 5.32 Å². The molecule has 2 N–H and O–H groups in total. The Morgan fingerprint density at radius 2 is 2.18 bits per heavy atom. The molecule has 0 radical (unpaired) electrons. The topological polar surface area (TPSA) is 70.7 Å².